The number of rotatable bonds is 4. The molecular formula is C10H9ClF2O2S. The Labute approximate surface area is 102 Å². The third kappa shape index (κ3) is 3.09. The van der Waals surface area contributed by atoms with Crippen molar-refractivity contribution in [2.75, 3.05) is 0 Å². The van der Waals surface area contributed by atoms with Gasteiger partial charge in [0.1, 0.15) is 11.1 Å². The van der Waals surface area contributed by atoms with Crippen molar-refractivity contribution in [2.24, 2.45) is 0 Å². The van der Waals surface area contributed by atoms with Gasteiger partial charge in [0.25, 0.3) is 0 Å². The lowest BCUT2D eigenvalue weighted by Crippen LogP contribution is -2.09. The fourth-order valence-corrected chi connectivity index (χ4v) is 1.82. The largest absolute Gasteiger partial charge is 0.434 e. The van der Waals surface area contributed by atoms with Gasteiger partial charge in [-0.25, -0.2) is 0 Å². The summed E-state index contributed by atoms with van der Waals surface area (Å²) in [7, 11) is 0. The van der Waals surface area contributed by atoms with Crippen LogP contribution in [0.15, 0.2) is 23.1 Å². The van der Waals surface area contributed by atoms with Crippen LogP contribution in [-0.4, -0.2) is 12.4 Å². The number of thiol groups is 1. The van der Waals surface area contributed by atoms with Crippen LogP contribution in [0.5, 0.6) is 5.75 Å². The van der Waals surface area contributed by atoms with Crippen LogP contribution < -0.4 is 4.74 Å². The predicted molar refractivity (Wildman–Crippen MR) is 59.6 cm³/mol. The van der Waals surface area contributed by atoms with Crippen molar-refractivity contribution in [3.05, 3.63) is 23.8 Å². The minimum absolute atomic E-state index is 0.127. The summed E-state index contributed by atoms with van der Waals surface area (Å²) >= 11 is 9.87. The highest BCUT2D eigenvalue weighted by Gasteiger charge is 2.22. The Balaban J connectivity index is 3.17. The van der Waals surface area contributed by atoms with Crippen LogP contribution >= 0.6 is 24.2 Å². The van der Waals surface area contributed by atoms with Gasteiger partial charge in [-0.05, 0) is 19.1 Å². The summed E-state index contributed by atoms with van der Waals surface area (Å²) in [5, 5.41) is -1.04. The summed E-state index contributed by atoms with van der Waals surface area (Å²) in [6.07, 6.45) is 0. The van der Waals surface area contributed by atoms with Gasteiger partial charge in [0.2, 0.25) is 0 Å². The zero-order valence-corrected chi connectivity index (χ0v) is 9.93. The molecule has 0 amide bonds. The monoisotopic (exact) mass is 266 g/mol. The summed E-state index contributed by atoms with van der Waals surface area (Å²) in [5.74, 6) is -0.486. The highest BCUT2D eigenvalue weighted by molar-refractivity contribution is 7.80. The zero-order chi connectivity index (χ0) is 12.3. The Morgan fingerprint density at radius 1 is 1.50 bits per heavy atom. The Morgan fingerprint density at radius 2 is 2.12 bits per heavy atom. The molecule has 1 aromatic rings. The molecule has 0 N–H and O–H groups in total. The number of alkyl halides is 3. The van der Waals surface area contributed by atoms with E-state index >= 15 is 0 Å². The molecule has 0 fully saturated rings. The third-order valence-electron chi connectivity index (χ3n) is 1.87. The fourth-order valence-electron chi connectivity index (χ4n) is 1.19. The van der Waals surface area contributed by atoms with Crippen LogP contribution in [0.1, 0.15) is 17.9 Å². The summed E-state index contributed by atoms with van der Waals surface area (Å²) in [6.45, 7) is -1.70. The van der Waals surface area contributed by atoms with E-state index in [4.69, 9.17) is 11.6 Å². The summed E-state index contributed by atoms with van der Waals surface area (Å²) in [4.78, 5) is 11.5. The number of ketones is 1. The van der Waals surface area contributed by atoms with Gasteiger partial charge in [-0.3, -0.25) is 4.79 Å². The first-order valence-electron chi connectivity index (χ1n) is 4.34. The van der Waals surface area contributed by atoms with Gasteiger partial charge in [0.05, 0.1) is 0 Å². The molecule has 88 valence electrons. The first kappa shape index (κ1) is 13.3. The quantitative estimate of drug-likeness (QED) is 0.667. The number of hydrogen-bond acceptors (Lipinski definition) is 3. The highest BCUT2D eigenvalue weighted by Crippen LogP contribution is 2.36. The Kier molecular flexibility index (Phi) is 4.56. The van der Waals surface area contributed by atoms with Crippen LogP contribution in [0.25, 0.3) is 0 Å². The topological polar surface area (TPSA) is 26.3 Å². The van der Waals surface area contributed by atoms with Crippen molar-refractivity contribution in [1.82, 2.24) is 0 Å². The van der Waals surface area contributed by atoms with Gasteiger partial charge in [-0.15, -0.1) is 24.2 Å². The zero-order valence-electron chi connectivity index (χ0n) is 8.28. The smallest absolute Gasteiger partial charge is 0.387 e. The Hall–Kier alpha value is -0.810. The Morgan fingerprint density at radius 3 is 2.62 bits per heavy atom. The molecule has 16 heavy (non-hydrogen) atoms. The van der Waals surface area contributed by atoms with E-state index in [9.17, 15) is 13.6 Å². The van der Waals surface area contributed by atoms with E-state index in [1.807, 2.05) is 0 Å². The molecule has 0 saturated heterocycles. The molecule has 1 atom stereocenters. The molecule has 0 radical (unpaired) electrons. The third-order valence-corrected chi connectivity index (χ3v) is 2.79. The van der Waals surface area contributed by atoms with Crippen LogP contribution in [-0.2, 0) is 4.79 Å². The lowest BCUT2D eigenvalue weighted by molar-refractivity contribution is -0.117. The second kappa shape index (κ2) is 5.50. The molecule has 1 aromatic carbocycles. The van der Waals surface area contributed by atoms with E-state index in [0.717, 1.165) is 0 Å². The number of Topliss-reactive ketones (excluding diaryl/α,β-unsaturated/α-hetero) is 1. The number of hydrogen-bond donors (Lipinski definition) is 1. The first-order chi connectivity index (χ1) is 7.43. The number of carbonyl (C=O) groups is 1. The van der Waals surface area contributed by atoms with Gasteiger partial charge in [-0.2, -0.15) is 8.78 Å². The summed E-state index contributed by atoms with van der Waals surface area (Å²) in [6, 6.07) is 4.36. The second-order valence-corrected chi connectivity index (χ2v) is 3.96. The predicted octanol–water partition coefficient (Wildman–Crippen LogP) is 3.45. The van der Waals surface area contributed by atoms with E-state index in [-0.39, 0.29) is 17.1 Å². The number of ether oxygens (including phenoxy) is 1. The maximum atomic E-state index is 12.1. The SMILES string of the molecule is CC(=O)C(Cl)c1c(S)cccc1OC(F)F. The first-order valence-corrected chi connectivity index (χ1v) is 5.23. The molecule has 6 heteroatoms. The molecule has 2 nitrogen and oxygen atoms in total. The van der Waals surface area contributed by atoms with Crippen LogP contribution in [0.2, 0.25) is 0 Å². The maximum Gasteiger partial charge on any atom is 0.387 e. The molecule has 0 saturated carbocycles. The molecule has 0 spiro atoms. The highest BCUT2D eigenvalue weighted by atomic mass is 35.5. The molecule has 1 rings (SSSR count). The van der Waals surface area contributed by atoms with E-state index < -0.39 is 12.0 Å². The minimum Gasteiger partial charge on any atom is -0.434 e. The van der Waals surface area contributed by atoms with Crippen molar-refractivity contribution in [1.29, 1.82) is 0 Å². The molecule has 0 heterocycles. The van der Waals surface area contributed by atoms with Crippen LogP contribution in [0.4, 0.5) is 8.78 Å². The van der Waals surface area contributed by atoms with Gasteiger partial charge in [-0.1, -0.05) is 6.07 Å². The lowest BCUT2D eigenvalue weighted by atomic mass is 10.1. The van der Waals surface area contributed by atoms with Crippen molar-refractivity contribution < 1.29 is 18.3 Å². The van der Waals surface area contributed by atoms with Crippen molar-refractivity contribution >= 4 is 30.0 Å². The molecule has 0 aromatic heterocycles. The molecule has 0 aliphatic rings. The van der Waals surface area contributed by atoms with E-state index in [0.29, 0.717) is 4.90 Å². The Bertz CT molecular complexity index is 398. The molecule has 0 aliphatic heterocycles. The second-order valence-electron chi connectivity index (χ2n) is 3.04. The van der Waals surface area contributed by atoms with Gasteiger partial charge < -0.3 is 4.74 Å². The van der Waals surface area contributed by atoms with Crippen LogP contribution in [0, 0.1) is 0 Å². The lowest BCUT2D eigenvalue weighted by Gasteiger charge is -2.15. The van der Waals surface area contributed by atoms with Gasteiger partial charge in [0.15, 0.2) is 5.78 Å². The molecule has 1 unspecified atom stereocenters. The average molecular weight is 267 g/mol. The number of benzene rings is 1. The van der Waals surface area contributed by atoms with E-state index in [2.05, 4.69) is 17.4 Å². The normalized spacial score (nSPS) is 12.6. The fraction of sp³-hybridized carbons (Fsp3) is 0.300. The van der Waals surface area contributed by atoms with Gasteiger partial charge in [0, 0.05) is 10.5 Å². The molecule has 0 aliphatic carbocycles. The van der Waals surface area contributed by atoms with E-state index in [1.165, 1.54) is 19.1 Å². The van der Waals surface area contributed by atoms with E-state index in [1.54, 1.807) is 6.07 Å². The van der Waals surface area contributed by atoms with Crippen molar-refractivity contribution in [2.45, 2.75) is 23.8 Å². The number of carbonyl (C=O) groups excluding carboxylic acids is 1. The summed E-state index contributed by atoms with van der Waals surface area (Å²) in [5.41, 5.74) is 0.167. The van der Waals surface area contributed by atoms with Crippen LogP contribution in [0.3, 0.4) is 0 Å². The minimum atomic E-state index is -2.97. The maximum absolute atomic E-state index is 12.1. The average Bonchev–Trinajstić information content (AvgIpc) is 2.16. The number of halogens is 3. The summed E-state index contributed by atoms with van der Waals surface area (Å²) < 4.78 is 28.5. The molecular weight excluding hydrogens is 258 g/mol. The standard InChI is InChI=1S/C10H9ClF2O2S/c1-5(14)9(11)8-6(15-10(12)13)3-2-4-7(8)16/h2-4,9-10,16H,1H3. The molecule has 0 bridgehead atoms. The van der Waals surface area contributed by atoms with Crippen molar-refractivity contribution in [3.63, 3.8) is 0 Å². The van der Waals surface area contributed by atoms with Gasteiger partial charge >= 0.3 is 6.61 Å². The van der Waals surface area contributed by atoms with Crippen molar-refractivity contribution in [3.8, 4) is 5.75 Å².